The van der Waals surface area contributed by atoms with Gasteiger partial charge in [-0.05, 0) is 58.7 Å². The second-order valence-electron chi connectivity index (χ2n) is 5.74. The summed E-state index contributed by atoms with van der Waals surface area (Å²) in [5, 5.41) is 3.73. The number of nitrogens with zero attached hydrogens (tertiary/aromatic N) is 2. The van der Waals surface area contributed by atoms with E-state index in [1.807, 2.05) is 6.07 Å². The number of thiophene rings is 1. The van der Waals surface area contributed by atoms with E-state index in [-0.39, 0.29) is 0 Å². The summed E-state index contributed by atoms with van der Waals surface area (Å²) in [5.41, 5.74) is 0. The maximum Gasteiger partial charge on any atom is 0.0931 e. The van der Waals surface area contributed by atoms with Gasteiger partial charge in [0.25, 0.3) is 0 Å². The van der Waals surface area contributed by atoms with E-state index in [0.29, 0.717) is 12.1 Å². The smallest absolute Gasteiger partial charge is 0.0931 e. The molecule has 1 aromatic heterocycles. The molecular weight excluding hydrogens is 290 g/mol. The predicted molar refractivity (Wildman–Crippen MR) is 88.9 cm³/mol. The Hall–Kier alpha value is -0.130. The van der Waals surface area contributed by atoms with Crippen molar-refractivity contribution in [2.24, 2.45) is 0 Å². The fourth-order valence-corrected chi connectivity index (χ4v) is 4.08. The van der Waals surface area contributed by atoms with Crippen LogP contribution in [-0.2, 0) is 0 Å². The molecule has 3 nitrogen and oxygen atoms in total. The van der Waals surface area contributed by atoms with E-state index in [1.54, 1.807) is 11.3 Å². The van der Waals surface area contributed by atoms with E-state index in [9.17, 15) is 0 Å². The zero-order valence-electron chi connectivity index (χ0n) is 12.7. The molecule has 1 saturated heterocycles. The molecule has 1 aromatic rings. The molecule has 0 bridgehead atoms. The van der Waals surface area contributed by atoms with Crippen LogP contribution in [0.2, 0.25) is 4.34 Å². The summed E-state index contributed by atoms with van der Waals surface area (Å²) in [6.45, 7) is 6.72. The third-order valence-corrected chi connectivity index (χ3v) is 5.33. The van der Waals surface area contributed by atoms with Crippen molar-refractivity contribution in [1.82, 2.24) is 15.1 Å². The zero-order chi connectivity index (χ0) is 14.5. The van der Waals surface area contributed by atoms with Crippen molar-refractivity contribution in [3.05, 3.63) is 21.3 Å². The molecule has 20 heavy (non-hydrogen) atoms. The lowest BCUT2D eigenvalue weighted by atomic mass is 10.0. The number of hydrogen-bond acceptors (Lipinski definition) is 4. The molecule has 1 fully saturated rings. The van der Waals surface area contributed by atoms with Gasteiger partial charge in [-0.1, -0.05) is 18.5 Å². The van der Waals surface area contributed by atoms with Crippen molar-refractivity contribution in [2.75, 3.05) is 40.3 Å². The van der Waals surface area contributed by atoms with Gasteiger partial charge in [0, 0.05) is 17.5 Å². The molecule has 0 amide bonds. The Morgan fingerprint density at radius 2 is 2.20 bits per heavy atom. The van der Waals surface area contributed by atoms with E-state index in [4.69, 9.17) is 11.6 Å². The largest absolute Gasteiger partial charge is 0.308 e. The third-order valence-electron chi connectivity index (χ3n) is 4.02. The monoisotopic (exact) mass is 315 g/mol. The van der Waals surface area contributed by atoms with E-state index in [1.165, 1.54) is 24.4 Å². The fraction of sp³-hybridized carbons (Fsp3) is 0.733. The highest BCUT2D eigenvalue weighted by molar-refractivity contribution is 7.16. The topological polar surface area (TPSA) is 18.5 Å². The molecule has 5 heteroatoms. The number of nitrogens with one attached hydrogen (secondary N) is 1. The van der Waals surface area contributed by atoms with Crippen LogP contribution in [-0.4, -0.2) is 56.1 Å². The van der Waals surface area contributed by atoms with Gasteiger partial charge in [-0.25, -0.2) is 0 Å². The minimum atomic E-state index is 0.373. The van der Waals surface area contributed by atoms with Crippen LogP contribution in [0.1, 0.15) is 30.7 Å². The lowest BCUT2D eigenvalue weighted by Gasteiger charge is -2.34. The molecule has 2 rings (SSSR count). The summed E-state index contributed by atoms with van der Waals surface area (Å²) >= 11 is 7.85. The molecule has 2 heterocycles. The van der Waals surface area contributed by atoms with Crippen molar-refractivity contribution < 1.29 is 0 Å². The lowest BCUT2D eigenvalue weighted by molar-refractivity contribution is 0.180. The van der Waals surface area contributed by atoms with Crippen LogP contribution in [0.25, 0.3) is 0 Å². The van der Waals surface area contributed by atoms with Crippen LogP contribution in [0, 0.1) is 0 Å². The third kappa shape index (κ3) is 4.18. The molecule has 2 unspecified atom stereocenters. The van der Waals surface area contributed by atoms with E-state index >= 15 is 0 Å². The molecule has 0 aliphatic carbocycles. The van der Waals surface area contributed by atoms with E-state index < -0.39 is 0 Å². The van der Waals surface area contributed by atoms with Gasteiger partial charge in [-0.15, -0.1) is 11.3 Å². The predicted octanol–water partition coefficient (Wildman–Crippen LogP) is 3.08. The Labute approximate surface area is 131 Å². The molecule has 0 spiro atoms. The van der Waals surface area contributed by atoms with Crippen LogP contribution in [0.15, 0.2) is 12.1 Å². The van der Waals surface area contributed by atoms with Gasteiger partial charge in [0.15, 0.2) is 0 Å². The highest BCUT2D eigenvalue weighted by Crippen LogP contribution is 2.31. The Kier molecular flexibility index (Phi) is 6.30. The average Bonchev–Trinajstić information content (AvgIpc) is 2.76. The van der Waals surface area contributed by atoms with Crippen molar-refractivity contribution in [1.29, 1.82) is 0 Å². The summed E-state index contributed by atoms with van der Waals surface area (Å²) in [6.07, 6.45) is 2.40. The summed E-state index contributed by atoms with van der Waals surface area (Å²) in [5.74, 6) is 0. The molecule has 114 valence electrons. The number of halogens is 1. The lowest BCUT2D eigenvalue weighted by Crippen LogP contribution is -2.47. The summed E-state index contributed by atoms with van der Waals surface area (Å²) < 4.78 is 0.882. The number of likely N-dealkylation sites (N-methyl/N-ethyl adjacent to an activating group) is 2. The highest BCUT2D eigenvalue weighted by Gasteiger charge is 2.30. The first-order valence-corrected chi connectivity index (χ1v) is 8.68. The van der Waals surface area contributed by atoms with Crippen LogP contribution in [0.3, 0.4) is 0 Å². The standard InChI is InChI=1S/C15H26ClN3S/c1-4-8-17-15(13-6-7-14(16)20-13)12-11-18(2)9-5-10-19(12)3/h6-7,12,15,17H,4-5,8-11H2,1-3H3. The van der Waals surface area contributed by atoms with Gasteiger partial charge < -0.3 is 15.1 Å². The maximum absolute atomic E-state index is 6.14. The van der Waals surface area contributed by atoms with Gasteiger partial charge in [0.2, 0.25) is 0 Å². The molecule has 1 N–H and O–H groups in total. The number of rotatable bonds is 5. The quantitative estimate of drug-likeness (QED) is 0.901. The SMILES string of the molecule is CCCNC(c1ccc(Cl)s1)C1CN(C)CCCN1C. The Bertz CT molecular complexity index is 410. The maximum atomic E-state index is 6.14. The summed E-state index contributed by atoms with van der Waals surface area (Å²) in [7, 11) is 4.48. The van der Waals surface area contributed by atoms with Crippen LogP contribution < -0.4 is 5.32 Å². The Morgan fingerprint density at radius 1 is 1.40 bits per heavy atom. The van der Waals surface area contributed by atoms with Gasteiger partial charge in [-0.2, -0.15) is 0 Å². The first-order chi connectivity index (χ1) is 9.61. The molecule has 0 saturated carbocycles. The van der Waals surface area contributed by atoms with E-state index in [0.717, 1.165) is 23.8 Å². The van der Waals surface area contributed by atoms with Gasteiger partial charge in [0.1, 0.15) is 0 Å². The zero-order valence-corrected chi connectivity index (χ0v) is 14.3. The van der Waals surface area contributed by atoms with Crippen molar-refractivity contribution in [3.63, 3.8) is 0 Å². The van der Waals surface area contributed by atoms with Crippen LogP contribution in [0.5, 0.6) is 0 Å². The summed E-state index contributed by atoms with van der Waals surface area (Å²) in [6, 6.07) is 5.07. The second-order valence-corrected chi connectivity index (χ2v) is 7.48. The van der Waals surface area contributed by atoms with E-state index in [2.05, 4.69) is 42.2 Å². The van der Waals surface area contributed by atoms with Crippen molar-refractivity contribution >= 4 is 22.9 Å². The second kappa shape index (κ2) is 7.76. The first kappa shape index (κ1) is 16.2. The molecule has 0 radical (unpaired) electrons. The van der Waals surface area contributed by atoms with Gasteiger partial charge in [-0.3, -0.25) is 0 Å². The highest BCUT2D eigenvalue weighted by atomic mass is 35.5. The molecule has 1 aliphatic rings. The molecule has 2 atom stereocenters. The molecular formula is C15H26ClN3S. The van der Waals surface area contributed by atoms with Gasteiger partial charge in [0.05, 0.1) is 10.4 Å². The van der Waals surface area contributed by atoms with Crippen LogP contribution >= 0.6 is 22.9 Å². The van der Waals surface area contributed by atoms with Crippen molar-refractivity contribution in [3.8, 4) is 0 Å². The molecule has 1 aliphatic heterocycles. The molecule has 0 aromatic carbocycles. The van der Waals surface area contributed by atoms with Crippen LogP contribution in [0.4, 0.5) is 0 Å². The minimum absolute atomic E-state index is 0.373. The normalized spacial score (nSPS) is 23.7. The van der Waals surface area contributed by atoms with Gasteiger partial charge >= 0.3 is 0 Å². The first-order valence-electron chi connectivity index (χ1n) is 7.49. The summed E-state index contributed by atoms with van der Waals surface area (Å²) in [4.78, 5) is 6.31. The fourth-order valence-electron chi connectivity index (χ4n) is 2.89. The Morgan fingerprint density at radius 3 is 2.85 bits per heavy atom. The average molecular weight is 316 g/mol. The minimum Gasteiger partial charge on any atom is -0.308 e. The van der Waals surface area contributed by atoms with Crippen molar-refractivity contribution in [2.45, 2.75) is 31.8 Å². The Balaban J connectivity index is 2.19. The number of hydrogen-bond donors (Lipinski definition) is 1.